The summed E-state index contributed by atoms with van der Waals surface area (Å²) in [5.41, 5.74) is 1.17. The minimum atomic E-state index is 0.350. The Labute approximate surface area is 164 Å². The van der Waals surface area contributed by atoms with E-state index in [2.05, 4.69) is 41.4 Å². The number of rotatable bonds is 4. The van der Waals surface area contributed by atoms with E-state index in [1.54, 1.807) is 7.05 Å². The summed E-state index contributed by atoms with van der Waals surface area (Å²) in [6, 6.07) is 8.38. The molecule has 0 saturated carbocycles. The quantitative estimate of drug-likeness (QED) is 0.621. The Hall–Kier alpha value is -2.28. The lowest BCUT2D eigenvalue weighted by Crippen LogP contribution is -2.44. The van der Waals surface area contributed by atoms with Crippen LogP contribution in [-0.4, -0.2) is 46.9 Å². The maximum Gasteiger partial charge on any atom is 0.191 e. The van der Waals surface area contributed by atoms with Gasteiger partial charge in [0.25, 0.3) is 0 Å². The standard InChI is InChI=1S/C19H26ClN7/c1-21-19(22-12-18-25-24-17-7-2-3-9-27(17)18)23-15-8-10-26(13-15)16-6-4-5-14(20)11-16/h4-6,11,15H,2-3,7-10,12-13H2,1H3,(H2,21,22,23). The van der Waals surface area contributed by atoms with Crippen molar-refractivity contribution in [1.82, 2.24) is 25.4 Å². The van der Waals surface area contributed by atoms with Gasteiger partial charge in [-0.25, -0.2) is 0 Å². The van der Waals surface area contributed by atoms with Crippen LogP contribution >= 0.6 is 11.6 Å². The molecule has 1 saturated heterocycles. The van der Waals surface area contributed by atoms with Gasteiger partial charge in [0.05, 0.1) is 6.54 Å². The van der Waals surface area contributed by atoms with Crippen molar-refractivity contribution in [3.8, 4) is 0 Å². The molecular weight excluding hydrogens is 362 g/mol. The molecule has 3 heterocycles. The maximum atomic E-state index is 6.12. The summed E-state index contributed by atoms with van der Waals surface area (Å²) in [6.07, 6.45) is 4.50. The fourth-order valence-corrected chi connectivity index (χ4v) is 4.02. The molecule has 0 amide bonds. The number of aromatic nitrogens is 3. The smallest absolute Gasteiger partial charge is 0.191 e. The highest BCUT2D eigenvalue weighted by molar-refractivity contribution is 6.30. The number of nitrogens with zero attached hydrogens (tertiary/aromatic N) is 5. The van der Waals surface area contributed by atoms with E-state index in [1.807, 2.05) is 18.2 Å². The molecule has 2 aromatic rings. The molecule has 27 heavy (non-hydrogen) atoms. The van der Waals surface area contributed by atoms with Crippen molar-refractivity contribution in [2.45, 2.75) is 44.8 Å². The highest BCUT2D eigenvalue weighted by atomic mass is 35.5. The van der Waals surface area contributed by atoms with Gasteiger partial charge < -0.3 is 20.1 Å². The number of nitrogens with one attached hydrogen (secondary N) is 2. The number of aliphatic imine (C=N–C) groups is 1. The van der Waals surface area contributed by atoms with E-state index in [9.17, 15) is 0 Å². The van der Waals surface area contributed by atoms with Crippen molar-refractivity contribution < 1.29 is 0 Å². The first-order chi connectivity index (χ1) is 13.2. The second-order valence-corrected chi connectivity index (χ2v) is 7.56. The monoisotopic (exact) mass is 387 g/mol. The van der Waals surface area contributed by atoms with Crippen LogP contribution in [0, 0.1) is 0 Å². The van der Waals surface area contributed by atoms with Crippen LogP contribution in [0.3, 0.4) is 0 Å². The zero-order chi connectivity index (χ0) is 18.6. The molecule has 8 heteroatoms. The summed E-state index contributed by atoms with van der Waals surface area (Å²) in [5.74, 6) is 2.90. The SMILES string of the molecule is CN=C(NCc1nnc2n1CCCC2)NC1CCN(c2cccc(Cl)c2)C1. The summed E-state index contributed by atoms with van der Waals surface area (Å²) >= 11 is 6.12. The molecule has 1 atom stereocenters. The third-order valence-corrected chi connectivity index (χ3v) is 5.51. The predicted molar refractivity (Wildman–Crippen MR) is 108 cm³/mol. The average Bonchev–Trinajstić information content (AvgIpc) is 3.32. The second kappa shape index (κ2) is 8.17. The predicted octanol–water partition coefficient (Wildman–Crippen LogP) is 2.21. The molecule has 1 unspecified atom stereocenters. The molecule has 2 aliphatic rings. The van der Waals surface area contributed by atoms with Gasteiger partial charge in [0.1, 0.15) is 5.82 Å². The summed E-state index contributed by atoms with van der Waals surface area (Å²) < 4.78 is 2.24. The Kier molecular flexibility index (Phi) is 5.48. The lowest BCUT2D eigenvalue weighted by Gasteiger charge is -2.21. The van der Waals surface area contributed by atoms with Gasteiger partial charge in [0, 0.05) is 49.9 Å². The van der Waals surface area contributed by atoms with Gasteiger partial charge in [0.15, 0.2) is 11.8 Å². The maximum absolute atomic E-state index is 6.12. The van der Waals surface area contributed by atoms with Crippen LogP contribution in [0.1, 0.15) is 30.9 Å². The number of benzene rings is 1. The summed E-state index contributed by atoms with van der Waals surface area (Å²) in [6.45, 7) is 3.59. The van der Waals surface area contributed by atoms with E-state index < -0.39 is 0 Å². The second-order valence-electron chi connectivity index (χ2n) is 7.12. The van der Waals surface area contributed by atoms with Crippen molar-refractivity contribution in [2.24, 2.45) is 4.99 Å². The minimum absolute atomic E-state index is 0.350. The van der Waals surface area contributed by atoms with Gasteiger partial charge >= 0.3 is 0 Å². The fourth-order valence-electron chi connectivity index (χ4n) is 3.84. The lowest BCUT2D eigenvalue weighted by molar-refractivity contribution is 0.504. The van der Waals surface area contributed by atoms with Crippen LogP contribution in [0.4, 0.5) is 5.69 Å². The molecule has 2 N–H and O–H groups in total. The number of hydrogen-bond donors (Lipinski definition) is 2. The molecule has 4 rings (SSSR count). The molecule has 144 valence electrons. The lowest BCUT2D eigenvalue weighted by atomic mass is 10.2. The van der Waals surface area contributed by atoms with Gasteiger partial charge in [-0.1, -0.05) is 17.7 Å². The van der Waals surface area contributed by atoms with Crippen molar-refractivity contribution in [1.29, 1.82) is 0 Å². The summed E-state index contributed by atoms with van der Waals surface area (Å²) in [5, 5.41) is 16.3. The van der Waals surface area contributed by atoms with E-state index in [4.69, 9.17) is 11.6 Å². The highest BCUT2D eigenvalue weighted by Crippen LogP contribution is 2.23. The van der Waals surface area contributed by atoms with E-state index in [1.165, 1.54) is 18.5 Å². The van der Waals surface area contributed by atoms with Crippen molar-refractivity contribution in [2.75, 3.05) is 25.0 Å². The zero-order valence-electron chi connectivity index (χ0n) is 15.7. The average molecular weight is 388 g/mol. The molecule has 1 aromatic heterocycles. The Morgan fingerprint density at radius 2 is 2.22 bits per heavy atom. The number of guanidine groups is 1. The molecule has 2 aliphatic heterocycles. The first-order valence-corrected chi connectivity index (χ1v) is 9.99. The minimum Gasteiger partial charge on any atom is -0.369 e. The fraction of sp³-hybridized carbons (Fsp3) is 0.526. The normalized spacial score (nSPS) is 19.9. The Balaban J connectivity index is 1.31. The molecule has 0 radical (unpaired) electrons. The molecule has 0 spiro atoms. The molecular formula is C19H26ClN7. The topological polar surface area (TPSA) is 70.4 Å². The van der Waals surface area contributed by atoms with Gasteiger partial charge in [0.2, 0.25) is 0 Å². The van der Waals surface area contributed by atoms with E-state index in [-0.39, 0.29) is 0 Å². The van der Waals surface area contributed by atoms with Gasteiger partial charge in [-0.2, -0.15) is 0 Å². The highest BCUT2D eigenvalue weighted by Gasteiger charge is 2.24. The van der Waals surface area contributed by atoms with Crippen molar-refractivity contribution >= 4 is 23.2 Å². The molecule has 1 fully saturated rings. The Morgan fingerprint density at radius 1 is 1.30 bits per heavy atom. The first kappa shape index (κ1) is 18.1. The number of hydrogen-bond acceptors (Lipinski definition) is 4. The number of fused-ring (bicyclic) bond motifs is 1. The summed E-state index contributed by atoms with van der Waals surface area (Å²) in [7, 11) is 1.80. The van der Waals surface area contributed by atoms with Crippen molar-refractivity contribution in [3.63, 3.8) is 0 Å². The number of anilines is 1. The van der Waals surface area contributed by atoms with E-state index >= 15 is 0 Å². The zero-order valence-corrected chi connectivity index (χ0v) is 16.4. The van der Waals surface area contributed by atoms with Crippen LogP contribution in [0.5, 0.6) is 0 Å². The largest absolute Gasteiger partial charge is 0.369 e. The molecule has 1 aromatic carbocycles. The third-order valence-electron chi connectivity index (χ3n) is 5.28. The van der Waals surface area contributed by atoms with Gasteiger partial charge in [-0.15, -0.1) is 10.2 Å². The third kappa shape index (κ3) is 4.18. The summed E-state index contributed by atoms with van der Waals surface area (Å²) in [4.78, 5) is 6.73. The Morgan fingerprint density at radius 3 is 3.07 bits per heavy atom. The van der Waals surface area contributed by atoms with E-state index in [0.717, 1.165) is 55.1 Å². The van der Waals surface area contributed by atoms with Crippen LogP contribution in [0.2, 0.25) is 5.02 Å². The number of aryl methyl sites for hydroxylation is 1. The first-order valence-electron chi connectivity index (χ1n) is 9.61. The molecule has 7 nitrogen and oxygen atoms in total. The molecule has 0 bridgehead atoms. The van der Waals surface area contributed by atoms with Crippen LogP contribution < -0.4 is 15.5 Å². The van der Waals surface area contributed by atoms with Crippen molar-refractivity contribution in [3.05, 3.63) is 40.9 Å². The Bertz CT molecular complexity index is 816. The van der Waals surface area contributed by atoms with Crippen LogP contribution in [0.15, 0.2) is 29.3 Å². The van der Waals surface area contributed by atoms with Gasteiger partial charge in [-0.05, 0) is 37.5 Å². The van der Waals surface area contributed by atoms with Crippen LogP contribution in [0.25, 0.3) is 0 Å². The number of halogens is 1. The van der Waals surface area contributed by atoms with Gasteiger partial charge in [-0.3, -0.25) is 4.99 Å². The van der Waals surface area contributed by atoms with E-state index in [0.29, 0.717) is 12.6 Å². The molecule has 0 aliphatic carbocycles. The van der Waals surface area contributed by atoms with Crippen LogP contribution in [-0.2, 0) is 19.5 Å².